The molecule has 0 aromatic heterocycles. The van der Waals surface area contributed by atoms with Crippen LogP contribution in [0, 0.1) is 5.82 Å². The monoisotopic (exact) mass is 292 g/mol. The highest BCUT2D eigenvalue weighted by Crippen LogP contribution is 2.31. The first-order valence-electron chi connectivity index (χ1n) is 4.98. The van der Waals surface area contributed by atoms with E-state index in [1.807, 2.05) is 0 Å². The van der Waals surface area contributed by atoms with Gasteiger partial charge in [0.05, 0.1) is 15.7 Å². The summed E-state index contributed by atoms with van der Waals surface area (Å²) < 4.78 is 37.0. The van der Waals surface area contributed by atoms with E-state index >= 15 is 0 Å². The Kier molecular flexibility index (Phi) is 4.39. The second kappa shape index (κ2) is 5.27. The molecule has 1 aromatic rings. The zero-order valence-electron chi connectivity index (χ0n) is 10.1. The normalized spacial score (nSPS) is 13.3. The Bertz CT molecular complexity index is 581. The van der Waals surface area contributed by atoms with E-state index in [1.165, 1.54) is 13.0 Å². The lowest BCUT2D eigenvalue weighted by Gasteiger charge is -2.12. The molecule has 1 unspecified atom stereocenters. The second-order valence-corrected chi connectivity index (χ2v) is 6.67. The highest BCUT2D eigenvalue weighted by Gasteiger charge is 2.22. The Hall–Kier alpha value is -1.08. The molecule has 0 saturated heterocycles. The van der Waals surface area contributed by atoms with Crippen molar-refractivity contribution in [2.45, 2.75) is 22.6 Å². The number of rotatable bonds is 4. The molecule has 0 amide bonds. The molecule has 0 spiro atoms. The van der Waals surface area contributed by atoms with Gasteiger partial charge < -0.3 is 5.11 Å². The number of sulfone groups is 1. The number of aliphatic carboxylic acids is 1. The van der Waals surface area contributed by atoms with Crippen LogP contribution in [0.4, 0.5) is 4.39 Å². The average molecular weight is 292 g/mol. The van der Waals surface area contributed by atoms with Crippen molar-refractivity contribution in [1.29, 1.82) is 0 Å². The summed E-state index contributed by atoms with van der Waals surface area (Å²) in [6, 6.07) is 2.29. The molecule has 1 atom stereocenters. The Labute approximate surface area is 109 Å². The van der Waals surface area contributed by atoms with Gasteiger partial charge in [-0.1, -0.05) is 0 Å². The molecule has 1 rings (SSSR count). The standard InChI is InChI=1S/C11H13FO4S2/c1-6(11(13)14)7-4-8(12)10(17-2)9(5-7)18(3,15)16/h4-6H,1-3H3,(H,13,14). The van der Waals surface area contributed by atoms with E-state index in [2.05, 4.69) is 0 Å². The largest absolute Gasteiger partial charge is 0.481 e. The van der Waals surface area contributed by atoms with E-state index in [-0.39, 0.29) is 15.4 Å². The summed E-state index contributed by atoms with van der Waals surface area (Å²) in [6.45, 7) is 1.38. The Morgan fingerprint density at radius 1 is 1.44 bits per heavy atom. The van der Waals surface area contributed by atoms with Crippen molar-refractivity contribution in [3.05, 3.63) is 23.5 Å². The SMILES string of the molecule is CSc1c(F)cc(C(C)C(=O)O)cc1S(C)(=O)=O. The number of thioether (sulfide) groups is 1. The molecular formula is C11H13FO4S2. The van der Waals surface area contributed by atoms with Crippen molar-refractivity contribution < 1.29 is 22.7 Å². The van der Waals surface area contributed by atoms with E-state index in [4.69, 9.17) is 5.11 Å². The van der Waals surface area contributed by atoms with Crippen LogP contribution >= 0.6 is 11.8 Å². The Balaban J connectivity index is 3.55. The predicted octanol–water partition coefficient (Wildman–Crippen LogP) is 2.14. The molecule has 4 nitrogen and oxygen atoms in total. The van der Waals surface area contributed by atoms with Gasteiger partial charge in [-0.3, -0.25) is 4.79 Å². The van der Waals surface area contributed by atoms with Crippen molar-refractivity contribution >= 4 is 27.6 Å². The first-order chi connectivity index (χ1) is 8.18. The maximum absolute atomic E-state index is 13.8. The summed E-state index contributed by atoms with van der Waals surface area (Å²) in [5, 5.41) is 8.87. The molecule has 0 aliphatic heterocycles. The maximum Gasteiger partial charge on any atom is 0.310 e. The third kappa shape index (κ3) is 3.02. The molecule has 0 bridgehead atoms. The highest BCUT2D eigenvalue weighted by atomic mass is 32.2. The minimum atomic E-state index is -3.60. The quantitative estimate of drug-likeness (QED) is 0.861. The number of carboxylic acid groups (broad SMARTS) is 1. The van der Waals surface area contributed by atoms with Crippen LogP contribution in [0.5, 0.6) is 0 Å². The van der Waals surface area contributed by atoms with Gasteiger partial charge in [0.15, 0.2) is 9.84 Å². The van der Waals surface area contributed by atoms with E-state index in [0.717, 1.165) is 24.1 Å². The Morgan fingerprint density at radius 3 is 2.39 bits per heavy atom. The Morgan fingerprint density at radius 2 is 2.00 bits per heavy atom. The van der Waals surface area contributed by atoms with Crippen molar-refractivity contribution in [3.63, 3.8) is 0 Å². The van der Waals surface area contributed by atoms with Gasteiger partial charge in [-0.25, -0.2) is 12.8 Å². The van der Waals surface area contributed by atoms with Crippen LogP contribution in [0.2, 0.25) is 0 Å². The van der Waals surface area contributed by atoms with Gasteiger partial charge in [0.2, 0.25) is 0 Å². The number of hydrogen-bond acceptors (Lipinski definition) is 4. The van der Waals surface area contributed by atoms with Gasteiger partial charge >= 0.3 is 5.97 Å². The molecule has 1 aromatic carbocycles. The summed E-state index contributed by atoms with van der Waals surface area (Å²) >= 11 is 0.976. The van der Waals surface area contributed by atoms with Crippen LogP contribution in [0.15, 0.2) is 21.9 Å². The van der Waals surface area contributed by atoms with E-state index in [1.54, 1.807) is 6.26 Å². The van der Waals surface area contributed by atoms with Crippen molar-refractivity contribution in [1.82, 2.24) is 0 Å². The highest BCUT2D eigenvalue weighted by molar-refractivity contribution is 7.99. The fourth-order valence-corrected chi connectivity index (χ4v) is 3.46. The van der Waals surface area contributed by atoms with E-state index in [9.17, 15) is 17.6 Å². The maximum atomic E-state index is 13.8. The zero-order valence-corrected chi connectivity index (χ0v) is 11.7. The van der Waals surface area contributed by atoms with Gasteiger partial charge in [0.1, 0.15) is 5.82 Å². The minimum Gasteiger partial charge on any atom is -0.481 e. The summed E-state index contributed by atoms with van der Waals surface area (Å²) in [6.07, 6.45) is 2.53. The number of benzene rings is 1. The van der Waals surface area contributed by atoms with Crippen LogP contribution < -0.4 is 0 Å². The van der Waals surface area contributed by atoms with Gasteiger partial charge in [-0.2, -0.15) is 0 Å². The summed E-state index contributed by atoms with van der Waals surface area (Å²) in [5.41, 5.74) is 0.137. The van der Waals surface area contributed by atoms with Crippen molar-refractivity contribution in [2.75, 3.05) is 12.5 Å². The van der Waals surface area contributed by atoms with Crippen molar-refractivity contribution in [3.8, 4) is 0 Å². The lowest BCUT2D eigenvalue weighted by atomic mass is 10.0. The first kappa shape index (κ1) is 15.0. The van der Waals surface area contributed by atoms with E-state index in [0.29, 0.717) is 0 Å². The van der Waals surface area contributed by atoms with Crippen molar-refractivity contribution in [2.24, 2.45) is 0 Å². The van der Waals surface area contributed by atoms with Gasteiger partial charge in [-0.05, 0) is 30.9 Å². The molecule has 18 heavy (non-hydrogen) atoms. The molecule has 0 aliphatic carbocycles. The smallest absolute Gasteiger partial charge is 0.310 e. The van der Waals surface area contributed by atoms with Gasteiger partial charge in [0, 0.05) is 6.26 Å². The lowest BCUT2D eigenvalue weighted by Crippen LogP contribution is -2.10. The van der Waals surface area contributed by atoms with Crippen LogP contribution in [0.1, 0.15) is 18.4 Å². The summed E-state index contributed by atoms with van der Waals surface area (Å²) in [7, 11) is -3.60. The molecule has 0 radical (unpaired) electrons. The third-order valence-corrected chi connectivity index (χ3v) is 4.58. The van der Waals surface area contributed by atoms with Crippen LogP contribution in [0.25, 0.3) is 0 Å². The fourth-order valence-electron chi connectivity index (χ4n) is 1.45. The molecular weight excluding hydrogens is 279 g/mol. The van der Waals surface area contributed by atoms with E-state index < -0.39 is 27.5 Å². The molecule has 0 heterocycles. The van der Waals surface area contributed by atoms with Crippen LogP contribution in [-0.2, 0) is 14.6 Å². The second-order valence-electron chi connectivity index (χ2n) is 3.87. The van der Waals surface area contributed by atoms with Crippen LogP contribution in [-0.4, -0.2) is 32.0 Å². The van der Waals surface area contributed by atoms with Gasteiger partial charge in [-0.15, -0.1) is 11.8 Å². The summed E-state index contributed by atoms with van der Waals surface area (Å²) in [4.78, 5) is 10.7. The van der Waals surface area contributed by atoms with Crippen LogP contribution in [0.3, 0.4) is 0 Å². The molecule has 0 aliphatic rings. The topological polar surface area (TPSA) is 71.4 Å². The first-order valence-corrected chi connectivity index (χ1v) is 8.10. The lowest BCUT2D eigenvalue weighted by molar-refractivity contribution is -0.138. The minimum absolute atomic E-state index is 0.0128. The van der Waals surface area contributed by atoms with Gasteiger partial charge in [0.25, 0.3) is 0 Å². The molecule has 0 fully saturated rings. The zero-order chi connectivity index (χ0) is 14.1. The number of hydrogen-bond donors (Lipinski definition) is 1. The fraction of sp³-hybridized carbons (Fsp3) is 0.364. The average Bonchev–Trinajstić information content (AvgIpc) is 2.25. The molecule has 100 valence electrons. The summed E-state index contributed by atoms with van der Waals surface area (Å²) in [5.74, 6) is -2.81. The molecule has 1 N–H and O–H groups in total. The number of halogens is 1. The number of carboxylic acids is 1. The predicted molar refractivity (Wildman–Crippen MR) is 67.3 cm³/mol. The molecule has 7 heteroatoms. The number of carbonyl (C=O) groups is 1. The molecule has 0 saturated carbocycles. The third-order valence-electron chi connectivity index (χ3n) is 2.51.